The summed E-state index contributed by atoms with van der Waals surface area (Å²) in [5.41, 5.74) is 7.16. The van der Waals surface area contributed by atoms with Crippen molar-refractivity contribution in [1.82, 2.24) is 4.98 Å². The van der Waals surface area contributed by atoms with Crippen LogP contribution in [0.4, 0.5) is 5.69 Å². The van der Waals surface area contributed by atoms with Gasteiger partial charge in [0.2, 0.25) is 0 Å². The molecular formula is C11H9ClN2O. The van der Waals surface area contributed by atoms with Crippen molar-refractivity contribution in [1.29, 1.82) is 0 Å². The zero-order chi connectivity index (χ0) is 10.8. The van der Waals surface area contributed by atoms with Gasteiger partial charge in [-0.2, -0.15) is 0 Å². The molecule has 15 heavy (non-hydrogen) atoms. The Morgan fingerprint density at radius 3 is 2.73 bits per heavy atom. The minimum Gasteiger partial charge on any atom is -0.507 e. The van der Waals surface area contributed by atoms with E-state index in [4.69, 9.17) is 17.3 Å². The number of pyridine rings is 1. The van der Waals surface area contributed by atoms with Crippen LogP contribution in [0.2, 0.25) is 5.02 Å². The lowest BCUT2D eigenvalue weighted by Crippen LogP contribution is -1.88. The summed E-state index contributed by atoms with van der Waals surface area (Å²) in [5.74, 6) is 0.0793. The van der Waals surface area contributed by atoms with E-state index in [0.717, 1.165) is 0 Å². The first-order chi connectivity index (χ1) is 7.18. The molecule has 0 aliphatic carbocycles. The van der Waals surface area contributed by atoms with Crippen molar-refractivity contribution < 1.29 is 5.11 Å². The normalized spacial score (nSPS) is 10.2. The van der Waals surface area contributed by atoms with Gasteiger partial charge in [0.15, 0.2) is 0 Å². The molecule has 0 aliphatic rings. The standard InChI is InChI=1S/C11H9ClN2O/c12-9-2-1-5-14-11(9)8-4-3-7(13)6-10(8)15/h1-6,15H,13H2. The van der Waals surface area contributed by atoms with E-state index in [-0.39, 0.29) is 5.75 Å². The quantitative estimate of drug-likeness (QED) is 0.727. The first-order valence-corrected chi connectivity index (χ1v) is 4.75. The van der Waals surface area contributed by atoms with E-state index in [1.807, 2.05) is 0 Å². The second kappa shape index (κ2) is 3.79. The van der Waals surface area contributed by atoms with E-state index in [1.54, 1.807) is 30.5 Å². The number of phenols is 1. The van der Waals surface area contributed by atoms with Crippen LogP contribution < -0.4 is 5.73 Å². The van der Waals surface area contributed by atoms with E-state index in [1.165, 1.54) is 6.07 Å². The number of nitrogens with zero attached hydrogens (tertiary/aromatic N) is 1. The first kappa shape index (κ1) is 9.80. The van der Waals surface area contributed by atoms with Crippen LogP contribution in [0.25, 0.3) is 11.3 Å². The van der Waals surface area contributed by atoms with Crippen LogP contribution in [-0.2, 0) is 0 Å². The van der Waals surface area contributed by atoms with Gasteiger partial charge in [-0.15, -0.1) is 0 Å². The molecule has 1 aromatic heterocycles. The minimum atomic E-state index is 0.0793. The number of aromatic hydroxyl groups is 1. The van der Waals surface area contributed by atoms with Crippen molar-refractivity contribution in [2.45, 2.75) is 0 Å². The number of rotatable bonds is 1. The Kier molecular flexibility index (Phi) is 2.47. The van der Waals surface area contributed by atoms with E-state index in [9.17, 15) is 5.11 Å². The molecule has 0 amide bonds. The number of nitrogens with two attached hydrogens (primary N) is 1. The average Bonchev–Trinajstić information content (AvgIpc) is 2.20. The molecule has 0 saturated heterocycles. The van der Waals surface area contributed by atoms with Gasteiger partial charge < -0.3 is 10.8 Å². The predicted octanol–water partition coefficient (Wildman–Crippen LogP) is 2.69. The molecule has 0 radical (unpaired) electrons. The Bertz CT molecular complexity index is 500. The molecule has 76 valence electrons. The molecule has 2 aromatic rings. The van der Waals surface area contributed by atoms with Gasteiger partial charge in [-0.05, 0) is 24.3 Å². The minimum absolute atomic E-state index is 0.0793. The van der Waals surface area contributed by atoms with Crippen LogP contribution >= 0.6 is 11.6 Å². The number of hydrogen-bond acceptors (Lipinski definition) is 3. The number of phenolic OH excluding ortho intramolecular Hbond substituents is 1. The highest BCUT2D eigenvalue weighted by Crippen LogP contribution is 2.33. The SMILES string of the molecule is Nc1ccc(-c2ncccc2Cl)c(O)c1. The third kappa shape index (κ3) is 1.87. The summed E-state index contributed by atoms with van der Waals surface area (Å²) in [5, 5.41) is 10.2. The van der Waals surface area contributed by atoms with Crippen molar-refractivity contribution in [2.75, 3.05) is 5.73 Å². The Balaban J connectivity index is 2.60. The topological polar surface area (TPSA) is 59.1 Å². The van der Waals surface area contributed by atoms with Gasteiger partial charge in [-0.1, -0.05) is 11.6 Å². The zero-order valence-electron chi connectivity index (χ0n) is 7.81. The molecule has 1 heterocycles. The van der Waals surface area contributed by atoms with Crippen molar-refractivity contribution >= 4 is 17.3 Å². The molecule has 1 aromatic carbocycles. The van der Waals surface area contributed by atoms with Gasteiger partial charge in [-0.3, -0.25) is 4.98 Å². The van der Waals surface area contributed by atoms with E-state index in [0.29, 0.717) is 22.0 Å². The number of halogens is 1. The van der Waals surface area contributed by atoms with Gasteiger partial charge in [0.05, 0.1) is 10.7 Å². The van der Waals surface area contributed by atoms with Crippen molar-refractivity contribution in [3.63, 3.8) is 0 Å². The summed E-state index contributed by atoms with van der Waals surface area (Å²) >= 11 is 5.97. The Morgan fingerprint density at radius 2 is 2.07 bits per heavy atom. The molecule has 2 rings (SSSR count). The van der Waals surface area contributed by atoms with Gasteiger partial charge in [0, 0.05) is 23.5 Å². The molecule has 0 unspecified atom stereocenters. The van der Waals surface area contributed by atoms with E-state index in [2.05, 4.69) is 4.98 Å². The number of nitrogen functional groups attached to an aromatic ring is 1. The fourth-order valence-electron chi connectivity index (χ4n) is 1.33. The molecule has 0 fully saturated rings. The van der Waals surface area contributed by atoms with Crippen LogP contribution in [0.15, 0.2) is 36.5 Å². The summed E-state index contributed by atoms with van der Waals surface area (Å²) in [4.78, 5) is 4.11. The number of aromatic nitrogens is 1. The predicted molar refractivity (Wildman–Crippen MR) is 60.8 cm³/mol. The molecule has 4 heteroatoms. The van der Waals surface area contributed by atoms with Crippen molar-refractivity contribution in [3.8, 4) is 17.0 Å². The molecule has 3 N–H and O–H groups in total. The lowest BCUT2D eigenvalue weighted by Gasteiger charge is -2.06. The third-order valence-corrected chi connectivity index (χ3v) is 2.34. The van der Waals surface area contributed by atoms with Crippen LogP contribution in [-0.4, -0.2) is 10.1 Å². The summed E-state index contributed by atoms with van der Waals surface area (Å²) in [6.45, 7) is 0. The second-order valence-corrected chi connectivity index (χ2v) is 3.52. The molecule has 0 aliphatic heterocycles. The molecular weight excluding hydrogens is 212 g/mol. The highest BCUT2D eigenvalue weighted by Gasteiger charge is 2.08. The Labute approximate surface area is 92.1 Å². The van der Waals surface area contributed by atoms with Crippen molar-refractivity contribution in [2.24, 2.45) is 0 Å². The number of anilines is 1. The molecule has 0 saturated carbocycles. The zero-order valence-corrected chi connectivity index (χ0v) is 8.57. The summed E-state index contributed by atoms with van der Waals surface area (Å²) < 4.78 is 0. The second-order valence-electron chi connectivity index (χ2n) is 3.11. The number of benzene rings is 1. The molecule has 3 nitrogen and oxygen atoms in total. The largest absolute Gasteiger partial charge is 0.507 e. The fourth-order valence-corrected chi connectivity index (χ4v) is 1.56. The van der Waals surface area contributed by atoms with Gasteiger partial charge in [-0.25, -0.2) is 0 Å². The van der Waals surface area contributed by atoms with Crippen LogP contribution in [0, 0.1) is 0 Å². The lowest BCUT2D eigenvalue weighted by atomic mass is 10.1. The molecule has 0 bridgehead atoms. The lowest BCUT2D eigenvalue weighted by molar-refractivity contribution is 0.477. The van der Waals surface area contributed by atoms with Crippen LogP contribution in [0.5, 0.6) is 5.75 Å². The third-order valence-electron chi connectivity index (χ3n) is 2.04. The summed E-state index contributed by atoms with van der Waals surface area (Å²) in [6, 6.07) is 8.32. The van der Waals surface area contributed by atoms with Gasteiger partial charge >= 0.3 is 0 Å². The monoisotopic (exact) mass is 220 g/mol. The van der Waals surface area contributed by atoms with Gasteiger partial charge in [0.1, 0.15) is 5.75 Å². The molecule has 0 spiro atoms. The fraction of sp³-hybridized carbons (Fsp3) is 0. The van der Waals surface area contributed by atoms with Crippen LogP contribution in [0.3, 0.4) is 0 Å². The highest BCUT2D eigenvalue weighted by molar-refractivity contribution is 6.33. The first-order valence-electron chi connectivity index (χ1n) is 4.38. The maximum atomic E-state index is 9.69. The van der Waals surface area contributed by atoms with E-state index >= 15 is 0 Å². The summed E-state index contributed by atoms with van der Waals surface area (Å²) in [6.07, 6.45) is 1.62. The van der Waals surface area contributed by atoms with Gasteiger partial charge in [0.25, 0.3) is 0 Å². The van der Waals surface area contributed by atoms with Crippen LogP contribution in [0.1, 0.15) is 0 Å². The summed E-state index contributed by atoms with van der Waals surface area (Å²) in [7, 11) is 0. The Morgan fingerprint density at radius 1 is 1.27 bits per heavy atom. The maximum Gasteiger partial charge on any atom is 0.127 e. The maximum absolute atomic E-state index is 9.69. The Hall–Kier alpha value is -1.74. The van der Waals surface area contributed by atoms with E-state index < -0.39 is 0 Å². The average molecular weight is 221 g/mol. The van der Waals surface area contributed by atoms with Crippen molar-refractivity contribution in [3.05, 3.63) is 41.6 Å². The number of hydrogen-bond donors (Lipinski definition) is 2. The highest BCUT2D eigenvalue weighted by atomic mass is 35.5. The molecule has 0 atom stereocenters. The smallest absolute Gasteiger partial charge is 0.127 e.